The summed E-state index contributed by atoms with van der Waals surface area (Å²) in [7, 11) is 1.60. The lowest BCUT2D eigenvalue weighted by Crippen LogP contribution is -2.33. The van der Waals surface area contributed by atoms with Crippen molar-refractivity contribution in [2.24, 2.45) is 0 Å². The molecule has 0 saturated carbocycles. The van der Waals surface area contributed by atoms with Gasteiger partial charge >= 0.3 is 0 Å². The summed E-state index contributed by atoms with van der Waals surface area (Å²) in [6, 6.07) is 6.14. The van der Waals surface area contributed by atoms with Gasteiger partial charge in [-0.25, -0.2) is 0 Å². The largest absolute Gasteiger partial charge is 0.481 e. The van der Waals surface area contributed by atoms with Gasteiger partial charge in [-0.05, 0) is 30.7 Å². The van der Waals surface area contributed by atoms with Gasteiger partial charge in [-0.1, -0.05) is 29.8 Å². The Kier molecular flexibility index (Phi) is 6.31. The second-order valence-corrected chi connectivity index (χ2v) is 5.52. The number of hydrogen-bond acceptors (Lipinski definition) is 3. The first-order valence-corrected chi connectivity index (χ1v) is 7.13. The van der Waals surface area contributed by atoms with Gasteiger partial charge in [0.2, 0.25) is 0 Å². The molecule has 4 nitrogen and oxygen atoms in total. The second-order valence-electron chi connectivity index (χ2n) is 4.66. The molecule has 19 heavy (non-hydrogen) atoms. The highest BCUT2D eigenvalue weighted by Crippen LogP contribution is 2.23. The van der Waals surface area contributed by atoms with Crippen LogP contribution in [0.4, 0.5) is 0 Å². The van der Waals surface area contributed by atoms with Crippen molar-refractivity contribution in [1.29, 1.82) is 0 Å². The molecule has 0 aliphatic heterocycles. The van der Waals surface area contributed by atoms with Crippen molar-refractivity contribution in [1.82, 2.24) is 10.6 Å². The summed E-state index contributed by atoms with van der Waals surface area (Å²) < 4.78 is 6.64. The van der Waals surface area contributed by atoms with Gasteiger partial charge in [0.15, 0.2) is 6.10 Å². The molecule has 0 heterocycles. The van der Waals surface area contributed by atoms with E-state index >= 15 is 0 Å². The normalized spacial score (nSPS) is 12.3. The Morgan fingerprint density at radius 1 is 1.37 bits per heavy atom. The Labute approximate surface area is 123 Å². The maximum atomic E-state index is 11.4. The number of benzene rings is 1. The molecule has 5 heteroatoms. The molecule has 1 amide bonds. The molecule has 0 aromatic heterocycles. The van der Waals surface area contributed by atoms with Crippen LogP contribution < -0.4 is 15.4 Å². The summed E-state index contributed by atoms with van der Waals surface area (Å²) in [6.07, 6.45) is -0.503. The van der Waals surface area contributed by atoms with E-state index in [1.54, 1.807) is 14.0 Å². The molecule has 1 atom stereocenters. The van der Waals surface area contributed by atoms with Crippen LogP contribution in [0, 0.1) is 0 Å². The molecule has 1 aromatic carbocycles. The second kappa shape index (κ2) is 7.50. The number of nitrogens with one attached hydrogen (secondary N) is 2. The van der Waals surface area contributed by atoms with Crippen LogP contribution in [0.3, 0.4) is 0 Å². The minimum absolute atomic E-state index is 0.134. The molecule has 0 fully saturated rings. The predicted molar refractivity (Wildman–Crippen MR) is 80.3 cm³/mol. The molecule has 0 spiro atoms. The topological polar surface area (TPSA) is 50.4 Å². The summed E-state index contributed by atoms with van der Waals surface area (Å²) >= 11 is 3.51. The molecular weight excluding hydrogens is 308 g/mol. The molecule has 0 saturated heterocycles. The third-order valence-electron chi connectivity index (χ3n) is 2.65. The summed E-state index contributed by atoms with van der Waals surface area (Å²) in [5.41, 5.74) is 1.11. The Balaban J connectivity index is 2.75. The first-order chi connectivity index (χ1) is 8.93. The highest BCUT2D eigenvalue weighted by Gasteiger charge is 2.13. The van der Waals surface area contributed by atoms with Gasteiger partial charge in [0.25, 0.3) is 5.91 Å². The van der Waals surface area contributed by atoms with E-state index in [9.17, 15) is 4.79 Å². The highest BCUT2D eigenvalue weighted by atomic mass is 79.9. The molecule has 1 aromatic rings. The number of rotatable bonds is 6. The lowest BCUT2D eigenvalue weighted by atomic mass is 10.2. The number of ether oxygens (including phenoxy) is 1. The van der Waals surface area contributed by atoms with E-state index in [0.29, 0.717) is 11.8 Å². The van der Waals surface area contributed by atoms with E-state index in [1.807, 2.05) is 18.2 Å². The number of amides is 1. The van der Waals surface area contributed by atoms with Crippen molar-refractivity contribution >= 4 is 21.8 Å². The van der Waals surface area contributed by atoms with Crippen LogP contribution in [-0.2, 0) is 11.3 Å². The smallest absolute Gasteiger partial charge is 0.260 e. The minimum Gasteiger partial charge on any atom is -0.481 e. The Hall–Kier alpha value is -1.07. The third kappa shape index (κ3) is 5.20. The maximum absolute atomic E-state index is 11.4. The molecule has 0 bridgehead atoms. The molecule has 0 radical (unpaired) electrons. The maximum Gasteiger partial charge on any atom is 0.260 e. The Morgan fingerprint density at radius 3 is 2.63 bits per heavy atom. The van der Waals surface area contributed by atoms with Gasteiger partial charge in [-0.3, -0.25) is 4.79 Å². The van der Waals surface area contributed by atoms with Crippen molar-refractivity contribution in [3.05, 3.63) is 28.2 Å². The van der Waals surface area contributed by atoms with E-state index in [4.69, 9.17) is 4.74 Å². The molecule has 0 aliphatic rings. The fourth-order valence-corrected chi connectivity index (χ4v) is 1.92. The average molecular weight is 329 g/mol. The number of carbonyl (C=O) groups is 1. The first kappa shape index (κ1) is 16.0. The monoisotopic (exact) mass is 328 g/mol. The van der Waals surface area contributed by atoms with Gasteiger partial charge in [0.05, 0.1) is 0 Å². The number of likely N-dealkylation sites (N-methyl/N-ethyl adjacent to an activating group) is 1. The Bertz CT molecular complexity index is 435. The van der Waals surface area contributed by atoms with Crippen LogP contribution in [0.25, 0.3) is 0 Å². The van der Waals surface area contributed by atoms with Crippen LogP contribution in [-0.4, -0.2) is 25.1 Å². The van der Waals surface area contributed by atoms with E-state index < -0.39 is 6.10 Å². The van der Waals surface area contributed by atoms with Gasteiger partial charge in [0, 0.05) is 24.1 Å². The van der Waals surface area contributed by atoms with E-state index in [0.717, 1.165) is 16.6 Å². The van der Waals surface area contributed by atoms with Crippen LogP contribution in [0.2, 0.25) is 0 Å². The third-order valence-corrected chi connectivity index (χ3v) is 3.42. The zero-order chi connectivity index (χ0) is 14.4. The molecule has 1 rings (SSSR count). The molecular formula is C14H21BrN2O2. The van der Waals surface area contributed by atoms with Gasteiger partial charge in [0.1, 0.15) is 5.75 Å². The molecule has 2 N–H and O–H groups in total. The quantitative estimate of drug-likeness (QED) is 0.843. The predicted octanol–water partition coefficient (Wildman–Crippen LogP) is 2.46. The van der Waals surface area contributed by atoms with Gasteiger partial charge < -0.3 is 15.4 Å². The number of halogens is 1. The lowest BCUT2D eigenvalue weighted by molar-refractivity contribution is -0.126. The molecule has 1 unspecified atom stereocenters. The summed E-state index contributed by atoms with van der Waals surface area (Å²) in [4.78, 5) is 11.4. The van der Waals surface area contributed by atoms with Gasteiger partial charge in [-0.15, -0.1) is 0 Å². The first-order valence-electron chi connectivity index (χ1n) is 6.34. The van der Waals surface area contributed by atoms with E-state index in [-0.39, 0.29) is 5.91 Å². The summed E-state index contributed by atoms with van der Waals surface area (Å²) in [5.74, 6) is 0.560. The van der Waals surface area contributed by atoms with Crippen molar-refractivity contribution < 1.29 is 9.53 Å². The lowest BCUT2D eigenvalue weighted by Gasteiger charge is -2.15. The zero-order valence-electron chi connectivity index (χ0n) is 11.8. The van der Waals surface area contributed by atoms with E-state index in [1.165, 1.54) is 0 Å². The minimum atomic E-state index is -0.503. The van der Waals surface area contributed by atoms with Crippen LogP contribution in [0.5, 0.6) is 5.75 Å². The summed E-state index contributed by atoms with van der Waals surface area (Å²) in [6.45, 7) is 6.68. The summed E-state index contributed by atoms with van der Waals surface area (Å²) in [5, 5.41) is 5.92. The van der Waals surface area contributed by atoms with Crippen molar-refractivity contribution in [3.8, 4) is 5.75 Å². The van der Waals surface area contributed by atoms with Crippen molar-refractivity contribution in [2.75, 3.05) is 7.05 Å². The fraction of sp³-hybridized carbons (Fsp3) is 0.500. The van der Waals surface area contributed by atoms with Crippen LogP contribution in [0.1, 0.15) is 26.3 Å². The van der Waals surface area contributed by atoms with Crippen molar-refractivity contribution in [3.63, 3.8) is 0 Å². The standard InChI is InChI=1S/C14H21BrN2O2/c1-9(2)17-8-11-7-12(5-6-13(11)15)19-10(3)14(18)16-4/h5-7,9-10,17H,8H2,1-4H3,(H,16,18). The van der Waals surface area contributed by atoms with E-state index in [2.05, 4.69) is 40.4 Å². The Morgan fingerprint density at radius 2 is 2.05 bits per heavy atom. The van der Waals surface area contributed by atoms with Gasteiger partial charge in [-0.2, -0.15) is 0 Å². The highest BCUT2D eigenvalue weighted by molar-refractivity contribution is 9.10. The van der Waals surface area contributed by atoms with Crippen LogP contribution >= 0.6 is 15.9 Å². The number of hydrogen-bond donors (Lipinski definition) is 2. The van der Waals surface area contributed by atoms with Crippen LogP contribution in [0.15, 0.2) is 22.7 Å². The average Bonchev–Trinajstić information content (AvgIpc) is 2.38. The van der Waals surface area contributed by atoms with Crippen molar-refractivity contribution in [2.45, 2.75) is 39.5 Å². The fourth-order valence-electron chi connectivity index (χ4n) is 1.53. The SMILES string of the molecule is CNC(=O)C(C)Oc1ccc(Br)c(CNC(C)C)c1. The number of carbonyl (C=O) groups excluding carboxylic acids is 1. The zero-order valence-corrected chi connectivity index (χ0v) is 13.4. The molecule has 106 valence electrons. The molecule has 0 aliphatic carbocycles.